The molecule has 27 heavy (non-hydrogen) atoms. The monoisotopic (exact) mass is 393 g/mol. The summed E-state index contributed by atoms with van der Waals surface area (Å²) in [5, 5.41) is 0. The molecule has 0 aliphatic carbocycles. The Kier molecular flexibility index (Phi) is 5.31. The van der Waals surface area contributed by atoms with E-state index in [0.29, 0.717) is 18.7 Å². The molecule has 1 aromatic rings. The van der Waals surface area contributed by atoms with Crippen molar-refractivity contribution in [2.75, 3.05) is 24.6 Å². The summed E-state index contributed by atoms with van der Waals surface area (Å²) < 4.78 is 34.9. The number of sulfone groups is 1. The molecule has 2 aliphatic rings. The van der Waals surface area contributed by atoms with Crippen molar-refractivity contribution in [3.8, 4) is 0 Å². The van der Waals surface area contributed by atoms with Crippen LogP contribution in [0.1, 0.15) is 56.6 Å². The van der Waals surface area contributed by atoms with E-state index >= 15 is 0 Å². The van der Waals surface area contributed by atoms with Gasteiger partial charge in [-0.1, -0.05) is 24.3 Å². The van der Waals surface area contributed by atoms with Gasteiger partial charge in [-0.25, -0.2) is 8.42 Å². The van der Waals surface area contributed by atoms with Crippen molar-refractivity contribution in [2.24, 2.45) is 0 Å². The zero-order chi connectivity index (χ0) is 20.0. The quantitative estimate of drug-likeness (QED) is 0.731. The lowest BCUT2D eigenvalue weighted by Crippen LogP contribution is -2.41. The van der Waals surface area contributed by atoms with Crippen LogP contribution in [0, 0.1) is 0 Å². The van der Waals surface area contributed by atoms with Gasteiger partial charge in [-0.2, -0.15) is 0 Å². The van der Waals surface area contributed by atoms with Gasteiger partial charge in [-0.05, 0) is 40.2 Å². The molecule has 0 radical (unpaired) electrons. The number of hydrogen-bond acceptors (Lipinski definition) is 6. The van der Waals surface area contributed by atoms with Crippen LogP contribution in [0.25, 0.3) is 0 Å². The Morgan fingerprint density at radius 2 is 1.52 bits per heavy atom. The minimum absolute atomic E-state index is 0.0986. The molecule has 2 heterocycles. The van der Waals surface area contributed by atoms with E-state index in [9.17, 15) is 13.2 Å². The van der Waals surface area contributed by atoms with E-state index in [1.54, 1.807) is 12.1 Å². The number of nitrogens with zero attached hydrogens (tertiary/aromatic N) is 1. The van der Waals surface area contributed by atoms with E-state index < -0.39 is 28.2 Å². The highest BCUT2D eigenvalue weighted by atomic mass is 32.2. The fourth-order valence-corrected chi connectivity index (χ4v) is 4.57. The van der Waals surface area contributed by atoms with Crippen LogP contribution in [0.3, 0.4) is 0 Å². The van der Waals surface area contributed by atoms with Crippen LogP contribution in [0.2, 0.25) is 0 Å². The number of carbonyl (C=O) groups excluding carboxylic acids is 1. The Morgan fingerprint density at radius 1 is 1.04 bits per heavy atom. The second-order valence-corrected chi connectivity index (χ2v) is 10.7. The third kappa shape index (κ3) is 4.13. The van der Waals surface area contributed by atoms with Crippen molar-refractivity contribution < 1.29 is 22.5 Å². The van der Waals surface area contributed by atoms with E-state index in [1.807, 2.05) is 39.8 Å². The van der Waals surface area contributed by atoms with E-state index in [4.69, 9.17) is 9.31 Å². The molecular formula is C19H28BNO5S. The molecule has 148 valence electrons. The third-order valence-electron chi connectivity index (χ3n) is 6.07. The zero-order valence-electron chi connectivity index (χ0n) is 16.7. The van der Waals surface area contributed by atoms with Gasteiger partial charge >= 0.3 is 7.12 Å². The van der Waals surface area contributed by atoms with Gasteiger partial charge in [-0.15, -0.1) is 0 Å². The Hall–Kier alpha value is -1.22. The SMILES string of the molecule is CC(c1ccc(C(=O)B2OC(C)(C)C(C)(C)O2)cc1)N1CCS(=O)(=O)CC1. The van der Waals surface area contributed by atoms with Gasteiger partial charge in [0.2, 0.25) is 0 Å². The van der Waals surface area contributed by atoms with Gasteiger partial charge in [0.1, 0.15) is 0 Å². The summed E-state index contributed by atoms with van der Waals surface area (Å²) in [5.74, 6) is 0.408. The fraction of sp³-hybridized carbons (Fsp3) is 0.632. The predicted octanol–water partition coefficient (Wildman–Crippen LogP) is 2.29. The smallest absolute Gasteiger partial charge is 0.397 e. The molecule has 1 atom stereocenters. The van der Waals surface area contributed by atoms with Gasteiger partial charge in [0, 0.05) is 24.7 Å². The molecule has 1 unspecified atom stereocenters. The number of hydrogen-bond donors (Lipinski definition) is 0. The first-order valence-electron chi connectivity index (χ1n) is 9.36. The van der Waals surface area contributed by atoms with Gasteiger partial charge in [0.15, 0.2) is 15.5 Å². The minimum Gasteiger partial charge on any atom is -0.397 e. The van der Waals surface area contributed by atoms with Crippen molar-refractivity contribution in [3.05, 3.63) is 35.4 Å². The van der Waals surface area contributed by atoms with Gasteiger partial charge in [-0.3, -0.25) is 9.69 Å². The molecule has 0 amide bonds. The lowest BCUT2D eigenvalue weighted by atomic mass is 9.78. The molecule has 8 heteroatoms. The summed E-state index contributed by atoms with van der Waals surface area (Å²) in [6, 6.07) is 7.53. The van der Waals surface area contributed by atoms with Crippen molar-refractivity contribution in [2.45, 2.75) is 51.9 Å². The molecule has 6 nitrogen and oxygen atoms in total. The molecule has 2 fully saturated rings. The topological polar surface area (TPSA) is 72.9 Å². The van der Waals surface area contributed by atoms with Crippen molar-refractivity contribution in [1.82, 2.24) is 4.90 Å². The Labute approximate surface area is 162 Å². The summed E-state index contributed by atoms with van der Waals surface area (Å²) in [4.78, 5) is 14.9. The van der Waals surface area contributed by atoms with Gasteiger partial charge in [0.25, 0.3) is 0 Å². The molecule has 2 aliphatic heterocycles. The number of benzene rings is 1. The van der Waals surface area contributed by atoms with Gasteiger partial charge in [0.05, 0.1) is 22.7 Å². The summed E-state index contributed by atoms with van der Waals surface area (Å²) in [7, 11) is -3.79. The summed E-state index contributed by atoms with van der Waals surface area (Å²) >= 11 is 0. The first-order chi connectivity index (χ1) is 12.4. The number of rotatable bonds is 4. The maximum absolute atomic E-state index is 12.7. The second-order valence-electron chi connectivity index (χ2n) is 8.44. The lowest BCUT2D eigenvalue weighted by Gasteiger charge is -2.32. The highest BCUT2D eigenvalue weighted by Gasteiger charge is 2.54. The van der Waals surface area contributed by atoms with Crippen LogP contribution in [0.15, 0.2) is 24.3 Å². The van der Waals surface area contributed by atoms with Gasteiger partial charge < -0.3 is 9.31 Å². The molecule has 0 aromatic heterocycles. The molecule has 0 spiro atoms. The summed E-state index contributed by atoms with van der Waals surface area (Å²) in [5.41, 5.74) is 0.328. The molecular weight excluding hydrogens is 365 g/mol. The number of carbonyl (C=O) groups is 1. The molecule has 2 saturated heterocycles. The first kappa shape index (κ1) is 20.5. The molecule has 3 rings (SSSR count). The Bertz CT molecular complexity index is 789. The van der Waals surface area contributed by atoms with E-state index in [2.05, 4.69) is 11.8 Å². The summed E-state index contributed by atoms with van der Waals surface area (Å²) in [6.07, 6.45) is 0. The van der Waals surface area contributed by atoms with Crippen LogP contribution in [0.5, 0.6) is 0 Å². The van der Waals surface area contributed by atoms with Crippen LogP contribution in [0.4, 0.5) is 0 Å². The van der Waals surface area contributed by atoms with Crippen LogP contribution in [-0.4, -0.2) is 61.9 Å². The lowest BCUT2D eigenvalue weighted by molar-refractivity contribution is 0.00578. The van der Waals surface area contributed by atoms with Crippen LogP contribution >= 0.6 is 0 Å². The zero-order valence-corrected chi connectivity index (χ0v) is 17.5. The maximum atomic E-state index is 12.7. The fourth-order valence-electron chi connectivity index (χ4n) is 3.34. The Balaban J connectivity index is 1.68. The van der Waals surface area contributed by atoms with Crippen molar-refractivity contribution >= 4 is 22.6 Å². The second kappa shape index (κ2) is 6.99. The van der Waals surface area contributed by atoms with Crippen LogP contribution in [-0.2, 0) is 19.1 Å². The average molecular weight is 393 g/mol. The van der Waals surface area contributed by atoms with Crippen molar-refractivity contribution in [1.29, 1.82) is 0 Å². The first-order valence-corrected chi connectivity index (χ1v) is 11.2. The van der Waals surface area contributed by atoms with E-state index in [1.165, 1.54) is 0 Å². The van der Waals surface area contributed by atoms with Crippen LogP contribution < -0.4 is 0 Å². The average Bonchev–Trinajstić information content (AvgIpc) is 2.81. The molecule has 0 N–H and O–H groups in total. The van der Waals surface area contributed by atoms with E-state index in [0.717, 1.165) is 5.56 Å². The molecule has 1 aromatic carbocycles. The highest BCUT2D eigenvalue weighted by molar-refractivity contribution is 7.91. The normalized spacial score (nSPS) is 25.3. The predicted molar refractivity (Wildman–Crippen MR) is 105 cm³/mol. The Morgan fingerprint density at radius 3 is 2.00 bits per heavy atom. The van der Waals surface area contributed by atoms with E-state index in [-0.39, 0.29) is 23.2 Å². The minimum atomic E-state index is -2.89. The summed E-state index contributed by atoms with van der Waals surface area (Å²) in [6.45, 7) is 10.8. The molecule has 0 bridgehead atoms. The highest BCUT2D eigenvalue weighted by Crippen LogP contribution is 2.37. The molecule has 0 saturated carbocycles. The maximum Gasteiger partial charge on any atom is 0.538 e. The third-order valence-corrected chi connectivity index (χ3v) is 7.68. The van der Waals surface area contributed by atoms with Crippen molar-refractivity contribution in [3.63, 3.8) is 0 Å². The standard InChI is InChI=1S/C19H28BNO5S/c1-14(21-10-12-27(23,24)13-11-21)15-6-8-16(9-7-15)17(22)20-25-18(2,3)19(4,5)26-20/h6-9,14H,10-13H2,1-5H3. The largest absolute Gasteiger partial charge is 0.538 e.